The largest absolute Gasteiger partial charge is 0.396 e. The number of hydrogen-bond donors (Lipinski definition) is 4. The van der Waals surface area contributed by atoms with E-state index in [-0.39, 0.29) is 72.1 Å². The molecule has 328 valence electrons. The molecule has 0 unspecified atom stereocenters. The smallest absolute Gasteiger partial charge is 0.258 e. The number of aliphatic hydroxyl groups is 2. The summed E-state index contributed by atoms with van der Waals surface area (Å²) < 4.78 is 3.59. The second-order valence-electron chi connectivity index (χ2n) is 16.4. The van der Waals surface area contributed by atoms with Crippen molar-refractivity contribution in [1.82, 2.24) is 29.6 Å². The lowest BCUT2D eigenvalue weighted by Gasteiger charge is -2.38. The summed E-state index contributed by atoms with van der Waals surface area (Å²) in [4.78, 5) is 57.0. The molecule has 12 nitrogen and oxygen atoms in total. The number of aliphatic hydroxyl groups excluding tert-OH is 2. The molecule has 0 spiro atoms. The van der Waals surface area contributed by atoms with Gasteiger partial charge in [-0.2, -0.15) is 0 Å². The van der Waals surface area contributed by atoms with E-state index in [4.69, 9.17) is 23.2 Å². The van der Waals surface area contributed by atoms with Gasteiger partial charge < -0.3 is 30.0 Å². The van der Waals surface area contributed by atoms with Gasteiger partial charge in [-0.25, -0.2) is 0 Å². The van der Waals surface area contributed by atoms with E-state index < -0.39 is 11.8 Å². The van der Waals surface area contributed by atoms with Crippen LogP contribution in [0.4, 0.5) is 0 Å². The van der Waals surface area contributed by atoms with E-state index in [1.54, 1.807) is 21.3 Å². The molecule has 4 aliphatic heterocycles. The number of hydrogen-bond acceptors (Lipinski definition) is 8. The number of carbonyl (C=O) groups excluding carboxylic acids is 2. The van der Waals surface area contributed by atoms with Crippen LogP contribution in [0.15, 0.2) is 94.5 Å². The Bertz CT molecular complexity index is 2300. The normalized spacial score (nSPS) is 25.0. The number of carbonyl (C=O) groups is 2. The zero-order valence-electron chi connectivity index (χ0n) is 35.6. The second-order valence-corrected chi connectivity index (χ2v) is 17.3. The predicted octanol–water partition coefficient (Wildman–Crippen LogP) is 5.67. The SMILES string of the molecule is C/C=C/c1ccc2n(c1=O)C[C@@H]1[C@@H](CO)[C@H](C(=O)NCC)[C@H]2N1Cc1cccc(Cl)c1.C/C=C\c1ccc2n(c1=O)C[C@@H]1[C@@H](CO)[C@H](C(=O)NCC)[C@H]2N1Cc1cccc(Cl)c1. The van der Waals surface area contributed by atoms with Gasteiger partial charge in [-0.1, -0.05) is 71.8 Å². The fourth-order valence-corrected chi connectivity index (χ4v) is 10.8. The fraction of sp³-hybridized carbons (Fsp3) is 0.417. The Morgan fingerprint density at radius 2 is 1.06 bits per heavy atom. The molecule has 0 saturated carbocycles. The Balaban J connectivity index is 0.000000186. The first-order valence-corrected chi connectivity index (χ1v) is 22.3. The van der Waals surface area contributed by atoms with Gasteiger partial charge in [-0.3, -0.25) is 29.0 Å². The number of halogens is 2. The van der Waals surface area contributed by atoms with Gasteiger partial charge in [-0.15, -0.1) is 0 Å². The van der Waals surface area contributed by atoms with Crippen LogP contribution >= 0.6 is 23.2 Å². The Morgan fingerprint density at radius 3 is 1.40 bits per heavy atom. The minimum atomic E-state index is -0.435. The molecule has 4 aromatic rings. The molecule has 14 heteroatoms. The van der Waals surface area contributed by atoms with E-state index in [0.29, 0.717) is 60.4 Å². The zero-order chi connectivity index (χ0) is 44.2. The summed E-state index contributed by atoms with van der Waals surface area (Å²) in [5.74, 6) is -1.56. The van der Waals surface area contributed by atoms with Crippen LogP contribution in [-0.2, 0) is 35.8 Å². The molecule has 2 amide bonds. The van der Waals surface area contributed by atoms with Crippen LogP contribution in [0.25, 0.3) is 12.2 Å². The van der Waals surface area contributed by atoms with E-state index in [1.807, 2.05) is 113 Å². The van der Waals surface area contributed by atoms with Crippen LogP contribution in [0.2, 0.25) is 10.0 Å². The number of benzene rings is 2. The lowest BCUT2D eigenvalue weighted by Crippen LogP contribution is -2.46. The average Bonchev–Trinajstić information content (AvgIpc) is 3.58. The number of allylic oxidation sites excluding steroid dienone is 2. The van der Waals surface area contributed by atoms with Gasteiger partial charge in [0, 0.05) is 109 Å². The van der Waals surface area contributed by atoms with Gasteiger partial charge in [0.15, 0.2) is 0 Å². The monoisotopic (exact) mass is 882 g/mol. The van der Waals surface area contributed by atoms with Crippen molar-refractivity contribution in [3.8, 4) is 0 Å². The topological polar surface area (TPSA) is 149 Å². The van der Waals surface area contributed by atoms with Crippen molar-refractivity contribution in [2.24, 2.45) is 23.7 Å². The minimum Gasteiger partial charge on any atom is -0.396 e. The first-order valence-electron chi connectivity index (χ1n) is 21.5. The van der Waals surface area contributed by atoms with Crippen LogP contribution in [-0.4, -0.2) is 79.3 Å². The van der Waals surface area contributed by atoms with E-state index in [2.05, 4.69) is 20.4 Å². The van der Waals surface area contributed by atoms with E-state index in [1.165, 1.54) is 0 Å². The maximum absolute atomic E-state index is 13.1. The summed E-state index contributed by atoms with van der Waals surface area (Å²) in [7, 11) is 0. The summed E-state index contributed by atoms with van der Waals surface area (Å²) in [6, 6.07) is 22.1. The zero-order valence-corrected chi connectivity index (χ0v) is 37.1. The van der Waals surface area contributed by atoms with Crippen LogP contribution in [0.1, 0.15) is 73.4 Å². The van der Waals surface area contributed by atoms with Crippen LogP contribution < -0.4 is 21.8 Å². The molecule has 2 aromatic carbocycles. The summed E-state index contributed by atoms with van der Waals surface area (Å²) in [5.41, 5.74) is 4.87. The molecule has 2 fully saturated rings. The highest BCUT2D eigenvalue weighted by Gasteiger charge is 2.57. The number of aromatic nitrogens is 2. The van der Waals surface area contributed by atoms with Gasteiger partial charge >= 0.3 is 0 Å². The van der Waals surface area contributed by atoms with Crippen molar-refractivity contribution in [3.05, 3.63) is 149 Å². The highest BCUT2D eigenvalue weighted by atomic mass is 35.5. The Labute approximate surface area is 372 Å². The molecule has 4 N–H and O–H groups in total. The van der Waals surface area contributed by atoms with Crippen LogP contribution in [0.3, 0.4) is 0 Å². The fourth-order valence-electron chi connectivity index (χ4n) is 10.4. The number of fused-ring (bicyclic) bond motifs is 8. The van der Waals surface area contributed by atoms with Gasteiger partial charge in [0.2, 0.25) is 11.8 Å². The maximum atomic E-state index is 13.1. The van der Waals surface area contributed by atoms with E-state index in [0.717, 1.165) is 22.5 Å². The number of nitrogens with one attached hydrogen (secondary N) is 2. The lowest BCUT2D eigenvalue weighted by atomic mass is 9.86. The number of nitrogens with zero attached hydrogens (tertiary/aromatic N) is 4. The molecule has 8 atom stereocenters. The summed E-state index contributed by atoms with van der Waals surface area (Å²) in [6.07, 6.45) is 7.31. The van der Waals surface area contributed by atoms with Crippen molar-refractivity contribution in [2.75, 3.05) is 26.3 Å². The molecule has 4 aliphatic rings. The van der Waals surface area contributed by atoms with Crippen molar-refractivity contribution in [2.45, 2.75) is 78.0 Å². The maximum Gasteiger partial charge on any atom is 0.258 e. The Morgan fingerprint density at radius 1 is 0.661 bits per heavy atom. The highest BCUT2D eigenvalue weighted by molar-refractivity contribution is 6.30. The van der Waals surface area contributed by atoms with Gasteiger partial charge in [0.1, 0.15) is 0 Å². The second kappa shape index (κ2) is 19.7. The highest BCUT2D eigenvalue weighted by Crippen LogP contribution is 2.50. The third-order valence-corrected chi connectivity index (χ3v) is 13.4. The molecule has 2 saturated heterocycles. The third-order valence-electron chi connectivity index (χ3n) is 12.9. The standard InChI is InChI=1S/2C24H28ClN3O3/c2*1-3-6-16-9-10-19-22-21(23(30)26-4-2)18(14-29)20(13-28(19)24(16)31)27(22)12-15-7-5-8-17(25)11-15/h2*3,5-11,18,20-22,29H,4,12-14H2,1-2H3,(H,26,30)/b6-3+;6-3-/t2*18-,20-,21+,22+/m11/s1. The van der Waals surface area contributed by atoms with Crippen molar-refractivity contribution < 1.29 is 19.8 Å². The predicted molar refractivity (Wildman–Crippen MR) is 243 cm³/mol. The van der Waals surface area contributed by atoms with Gasteiger partial charge in [-0.05, 0) is 87.4 Å². The summed E-state index contributed by atoms with van der Waals surface area (Å²) in [6.45, 7) is 10.4. The number of rotatable bonds is 12. The summed E-state index contributed by atoms with van der Waals surface area (Å²) in [5, 5.41) is 27.8. The number of amides is 2. The molecular weight excluding hydrogens is 827 g/mol. The molecule has 8 rings (SSSR count). The van der Waals surface area contributed by atoms with E-state index in [9.17, 15) is 29.4 Å². The van der Waals surface area contributed by atoms with Crippen molar-refractivity contribution >= 4 is 47.2 Å². The Hall–Kier alpha value is -4.82. The molecule has 4 bridgehead atoms. The minimum absolute atomic E-state index is 0.0544. The summed E-state index contributed by atoms with van der Waals surface area (Å²) >= 11 is 12.4. The van der Waals surface area contributed by atoms with E-state index >= 15 is 0 Å². The average molecular weight is 884 g/mol. The number of pyridine rings is 2. The first-order chi connectivity index (χ1) is 30.0. The molecule has 0 aliphatic carbocycles. The molecule has 2 aromatic heterocycles. The quantitative estimate of drug-likeness (QED) is 0.142. The van der Waals surface area contributed by atoms with Crippen molar-refractivity contribution in [1.29, 1.82) is 0 Å². The van der Waals surface area contributed by atoms with Gasteiger partial charge in [0.05, 0.1) is 23.9 Å². The van der Waals surface area contributed by atoms with Crippen LogP contribution in [0, 0.1) is 23.7 Å². The molecule has 6 heterocycles. The molecular formula is C48H56Cl2N6O6. The molecule has 62 heavy (non-hydrogen) atoms. The van der Waals surface area contributed by atoms with Gasteiger partial charge in [0.25, 0.3) is 11.1 Å². The molecule has 0 radical (unpaired) electrons. The van der Waals surface area contributed by atoms with Crippen LogP contribution in [0.5, 0.6) is 0 Å². The lowest BCUT2D eigenvalue weighted by molar-refractivity contribution is -0.128. The third kappa shape index (κ3) is 8.61. The van der Waals surface area contributed by atoms with Crippen molar-refractivity contribution in [3.63, 3.8) is 0 Å². The first kappa shape index (κ1) is 45.2. The Kier molecular flexibility index (Phi) is 14.4.